The van der Waals surface area contributed by atoms with E-state index in [4.69, 9.17) is 9.47 Å². The van der Waals surface area contributed by atoms with Crippen molar-refractivity contribution in [2.45, 2.75) is 64.1 Å². The van der Waals surface area contributed by atoms with Crippen molar-refractivity contribution in [2.24, 2.45) is 0 Å². The number of methoxy groups -OCH3 is 1. The summed E-state index contributed by atoms with van der Waals surface area (Å²) in [6, 6.07) is 10.0. The summed E-state index contributed by atoms with van der Waals surface area (Å²) in [5.74, 6) is 2.48. The van der Waals surface area contributed by atoms with Gasteiger partial charge in [0, 0.05) is 23.5 Å². The molecule has 0 saturated carbocycles. The predicted molar refractivity (Wildman–Crippen MR) is 131 cm³/mol. The van der Waals surface area contributed by atoms with Crippen molar-refractivity contribution < 1.29 is 14.3 Å². The van der Waals surface area contributed by atoms with Crippen LogP contribution in [0.25, 0.3) is 11.4 Å². The van der Waals surface area contributed by atoms with E-state index in [1.54, 1.807) is 25.8 Å². The molecular weight excluding hydrogens is 434 g/mol. The van der Waals surface area contributed by atoms with Crippen molar-refractivity contribution in [3.05, 3.63) is 58.1 Å². The van der Waals surface area contributed by atoms with Crippen LogP contribution in [0.5, 0.6) is 5.75 Å². The largest absolute Gasteiger partial charge is 0.497 e. The van der Waals surface area contributed by atoms with E-state index in [0.717, 1.165) is 70.7 Å². The molecular formula is C26H31N3O3S. The molecule has 0 bridgehead atoms. The third-order valence-electron chi connectivity index (χ3n) is 6.30. The Morgan fingerprint density at radius 1 is 1.18 bits per heavy atom. The number of carbonyl (C=O) groups is 1. The Bertz CT molecular complexity index is 1150. The van der Waals surface area contributed by atoms with Gasteiger partial charge in [-0.05, 0) is 87.1 Å². The Kier molecular flexibility index (Phi) is 7.20. The fraction of sp³-hybridized carbons (Fsp3) is 0.423. The predicted octanol–water partition coefficient (Wildman–Crippen LogP) is 5.55. The highest BCUT2D eigenvalue weighted by Gasteiger charge is 2.23. The third-order valence-corrected chi connectivity index (χ3v) is 7.30. The first-order valence-corrected chi connectivity index (χ1v) is 12.3. The number of nitrogens with zero attached hydrogens (tertiary/aromatic N) is 3. The van der Waals surface area contributed by atoms with Gasteiger partial charge >= 0.3 is 0 Å². The monoisotopic (exact) mass is 465 g/mol. The van der Waals surface area contributed by atoms with Gasteiger partial charge < -0.3 is 9.47 Å². The third kappa shape index (κ3) is 4.99. The van der Waals surface area contributed by atoms with E-state index in [9.17, 15) is 4.79 Å². The van der Waals surface area contributed by atoms with Gasteiger partial charge in [-0.3, -0.25) is 9.36 Å². The highest BCUT2D eigenvalue weighted by Crippen LogP contribution is 2.32. The number of carbonyl (C=O) groups excluding carboxylic acids is 1. The number of aryl methyl sites for hydroxylation is 2. The molecule has 174 valence electrons. The van der Waals surface area contributed by atoms with E-state index < -0.39 is 0 Å². The van der Waals surface area contributed by atoms with Gasteiger partial charge in [-0.25, -0.2) is 0 Å². The summed E-state index contributed by atoms with van der Waals surface area (Å²) >= 11 is 1.66. The molecule has 1 atom stereocenters. The van der Waals surface area contributed by atoms with Gasteiger partial charge in [0.2, 0.25) is 0 Å². The maximum absolute atomic E-state index is 12.2. The maximum Gasteiger partial charge on any atom is 0.191 e. The minimum absolute atomic E-state index is 0.111. The average molecular weight is 466 g/mol. The minimum atomic E-state index is 0.111. The van der Waals surface area contributed by atoms with Crippen LogP contribution in [0, 0.1) is 20.8 Å². The lowest BCUT2D eigenvalue weighted by Gasteiger charge is -2.17. The summed E-state index contributed by atoms with van der Waals surface area (Å²) in [4.78, 5) is 12.2. The Morgan fingerprint density at radius 2 is 1.94 bits per heavy atom. The van der Waals surface area contributed by atoms with Crippen molar-refractivity contribution in [1.82, 2.24) is 14.8 Å². The first kappa shape index (κ1) is 23.5. The summed E-state index contributed by atoms with van der Waals surface area (Å²) in [5, 5.41) is 9.95. The molecule has 1 aliphatic rings. The molecule has 33 heavy (non-hydrogen) atoms. The highest BCUT2D eigenvalue weighted by molar-refractivity contribution is 7.98. The first-order valence-electron chi connectivity index (χ1n) is 11.3. The van der Waals surface area contributed by atoms with Crippen molar-refractivity contribution in [3.63, 3.8) is 0 Å². The molecule has 1 aromatic heterocycles. The molecule has 0 radical (unpaired) electrons. The van der Waals surface area contributed by atoms with Gasteiger partial charge in [-0.15, -0.1) is 10.2 Å². The lowest BCUT2D eigenvalue weighted by molar-refractivity contribution is 0.0953. The quantitative estimate of drug-likeness (QED) is 0.321. The summed E-state index contributed by atoms with van der Waals surface area (Å²) in [5.41, 5.74) is 6.31. The Morgan fingerprint density at radius 3 is 2.58 bits per heavy atom. The number of ether oxygens (including phenoxy) is 2. The molecule has 1 fully saturated rings. The van der Waals surface area contributed by atoms with Crippen molar-refractivity contribution in [2.75, 3.05) is 13.7 Å². The molecule has 6 nitrogen and oxygen atoms in total. The zero-order valence-electron chi connectivity index (χ0n) is 20.0. The number of benzene rings is 2. The van der Waals surface area contributed by atoms with E-state index in [0.29, 0.717) is 0 Å². The van der Waals surface area contributed by atoms with Crippen LogP contribution in [0.15, 0.2) is 35.5 Å². The second kappa shape index (κ2) is 10.1. The van der Waals surface area contributed by atoms with Crippen LogP contribution < -0.4 is 4.74 Å². The van der Waals surface area contributed by atoms with Crippen LogP contribution >= 0.6 is 11.8 Å². The van der Waals surface area contributed by atoms with Crippen LogP contribution in [-0.4, -0.2) is 40.4 Å². The molecule has 0 amide bonds. The fourth-order valence-electron chi connectivity index (χ4n) is 4.63. The fourth-order valence-corrected chi connectivity index (χ4v) is 5.77. The standard InChI is InChI=1S/C26H31N3O3S/c1-16-13-17(2)24(19(4)30)18(3)23(16)15-33-26-28-27-25(20-8-10-21(31-5)11-9-20)29(26)14-22-7-6-12-32-22/h8-11,13,22H,6-7,12,14-15H2,1-5H3. The van der Waals surface area contributed by atoms with Gasteiger partial charge in [0.25, 0.3) is 0 Å². The van der Waals surface area contributed by atoms with Gasteiger partial charge in [0.15, 0.2) is 16.8 Å². The Hall–Kier alpha value is -2.64. The molecule has 2 aromatic carbocycles. The van der Waals surface area contributed by atoms with E-state index in [-0.39, 0.29) is 11.9 Å². The number of aromatic nitrogens is 3. The lowest BCUT2D eigenvalue weighted by atomic mass is 9.92. The zero-order valence-corrected chi connectivity index (χ0v) is 20.8. The van der Waals surface area contributed by atoms with E-state index in [1.807, 2.05) is 38.1 Å². The Balaban J connectivity index is 1.66. The average Bonchev–Trinajstić information content (AvgIpc) is 3.44. The topological polar surface area (TPSA) is 66.2 Å². The summed E-state index contributed by atoms with van der Waals surface area (Å²) in [6.45, 7) is 9.34. The maximum atomic E-state index is 12.2. The van der Waals surface area contributed by atoms with Crippen LogP contribution in [-0.2, 0) is 17.0 Å². The van der Waals surface area contributed by atoms with Gasteiger partial charge in [-0.1, -0.05) is 17.8 Å². The number of hydrogen-bond donors (Lipinski definition) is 0. The van der Waals surface area contributed by atoms with Crippen LogP contribution in [0.3, 0.4) is 0 Å². The number of rotatable bonds is 8. The number of thioether (sulfide) groups is 1. The summed E-state index contributed by atoms with van der Waals surface area (Å²) in [6.07, 6.45) is 2.30. The minimum Gasteiger partial charge on any atom is -0.497 e. The smallest absolute Gasteiger partial charge is 0.191 e. The molecule has 3 aromatic rings. The molecule has 0 aliphatic carbocycles. The van der Waals surface area contributed by atoms with Crippen LogP contribution in [0.2, 0.25) is 0 Å². The highest BCUT2D eigenvalue weighted by atomic mass is 32.2. The van der Waals surface area contributed by atoms with Gasteiger partial charge in [-0.2, -0.15) is 0 Å². The van der Waals surface area contributed by atoms with Gasteiger partial charge in [0.05, 0.1) is 19.8 Å². The van der Waals surface area contributed by atoms with E-state index in [2.05, 4.69) is 27.8 Å². The van der Waals surface area contributed by atoms with Gasteiger partial charge in [0.1, 0.15) is 5.75 Å². The molecule has 0 N–H and O–H groups in total. The van der Waals surface area contributed by atoms with E-state index in [1.165, 1.54) is 11.1 Å². The number of ketones is 1. The summed E-state index contributed by atoms with van der Waals surface area (Å²) < 4.78 is 13.4. The molecule has 1 aliphatic heterocycles. The number of Topliss-reactive ketones (excluding diaryl/α,β-unsaturated/α-hetero) is 1. The van der Waals surface area contributed by atoms with Crippen molar-refractivity contribution in [3.8, 4) is 17.1 Å². The molecule has 4 rings (SSSR count). The first-order chi connectivity index (χ1) is 15.9. The normalized spacial score (nSPS) is 15.7. The lowest BCUT2D eigenvalue weighted by Crippen LogP contribution is -2.16. The van der Waals surface area contributed by atoms with Crippen molar-refractivity contribution in [1.29, 1.82) is 0 Å². The van der Waals surface area contributed by atoms with Crippen LogP contribution in [0.1, 0.15) is 52.4 Å². The molecule has 1 saturated heterocycles. The number of hydrogen-bond acceptors (Lipinski definition) is 6. The van der Waals surface area contributed by atoms with Crippen molar-refractivity contribution >= 4 is 17.5 Å². The summed E-state index contributed by atoms with van der Waals surface area (Å²) in [7, 11) is 1.66. The van der Waals surface area contributed by atoms with E-state index >= 15 is 0 Å². The molecule has 2 heterocycles. The SMILES string of the molecule is COc1ccc(-c2nnc(SCc3c(C)cc(C)c(C(C)=O)c3C)n2CC2CCCO2)cc1. The molecule has 0 spiro atoms. The van der Waals surface area contributed by atoms with Crippen LogP contribution in [0.4, 0.5) is 0 Å². The second-order valence-electron chi connectivity index (χ2n) is 8.61. The molecule has 1 unspecified atom stereocenters. The Labute approximate surface area is 199 Å². The zero-order chi connectivity index (χ0) is 23.5. The molecule has 7 heteroatoms. The second-order valence-corrected chi connectivity index (χ2v) is 9.56.